The van der Waals surface area contributed by atoms with E-state index in [0.29, 0.717) is 5.69 Å². The van der Waals surface area contributed by atoms with Crippen molar-refractivity contribution in [3.8, 4) is 11.5 Å². The van der Waals surface area contributed by atoms with Crippen LogP contribution in [0, 0.1) is 0 Å². The van der Waals surface area contributed by atoms with Gasteiger partial charge in [-0.3, -0.25) is 0 Å². The van der Waals surface area contributed by atoms with Crippen LogP contribution in [0.5, 0.6) is 11.5 Å². The van der Waals surface area contributed by atoms with Crippen molar-refractivity contribution in [3.63, 3.8) is 0 Å². The summed E-state index contributed by atoms with van der Waals surface area (Å²) >= 11 is 0. The molecular weight excluding hydrogens is 294 g/mol. The molecule has 0 unspecified atom stereocenters. The molecular formula is C15H20F2N2O3. The highest BCUT2D eigenvalue weighted by molar-refractivity contribution is 5.89. The van der Waals surface area contributed by atoms with Gasteiger partial charge in [-0.2, -0.15) is 8.78 Å². The van der Waals surface area contributed by atoms with Gasteiger partial charge in [0.2, 0.25) is 0 Å². The molecule has 1 aromatic carbocycles. The van der Waals surface area contributed by atoms with Crippen molar-refractivity contribution in [1.82, 2.24) is 5.32 Å². The minimum Gasteiger partial charge on any atom is -0.493 e. The maximum absolute atomic E-state index is 12.4. The van der Waals surface area contributed by atoms with Crippen molar-refractivity contribution in [3.05, 3.63) is 18.2 Å². The molecule has 2 N–H and O–H groups in total. The summed E-state index contributed by atoms with van der Waals surface area (Å²) in [4.78, 5) is 11.9. The van der Waals surface area contributed by atoms with Crippen molar-refractivity contribution >= 4 is 11.7 Å². The molecule has 122 valence electrons. The Bertz CT molecular complexity index is 506. The number of halogens is 2. The Kier molecular flexibility index (Phi) is 5.80. The predicted octanol–water partition coefficient (Wildman–Crippen LogP) is 3.75. The fourth-order valence-corrected chi connectivity index (χ4v) is 2.54. The van der Waals surface area contributed by atoms with Crippen molar-refractivity contribution in [2.75, 3.05) is 12.4 Å². The van der Waals surface area contributed by atoms with Crippen molar-refractivity contribution < 1.29 is 23.0 Å². The lowest BCUT2D eigenvalue weighted by atomic mass is 9.96. The molecule has 0 radical (unpaired) electrons. The van der Waals surface area contributed by atoms with Gasteiger partial charge in [-0.05, 0) is 25.0 Å². The number of benzene rings is 1. The molecule has 0 heterocycles. The second kappa shape index (κ2) is 7.82. The monoisotopic (exact) mass is 314 g/mol. The molecule has 0 bridgehead atoms. The maximum Gasteiger partial charge on any atom is 0.387 e. The van der Waals surface area contributed by atoms with E-state index in [2.05, 4.69) is 15.4 Å². The molecule has 0 aliphatic heterocycles. The fourth-order valence-electron chi connectivity index (χ4n) is 2.54. The maximum atomic E-state index is 12.4. The number of carbonyl (C=O) groups is 1. The molecule has 0 atom stereocenters. The first-order valence-corrected chi connectivity index (χ1v) is 7.29. The summed E-state index contributed by atoms with van der Waals surface area (Å²) in [5, 5.41) is 5.51. The van der Waals surface area contributed by atoms with E-state index < -0.39 is 6.61 Å². The van der Waals surface area contributed by atoms with E-state index in [9.17, 15) is 13.6 Å². The van der Waals surface area contributed by atoms with Gasteiger partial charge in [0, 0.05) is 17.8 Å². The zero-order chi connectivity index (χ0) is 15.9. The van der Waals surface area contributed by atoms with Crippen LogP contribution in [0.25, 0.3) is 0 Å². The Labute approximate surface area is 128 Å². The van der Waals surface area contributed by atoms with Crippen LogP contribution >= 0.6 is 0 Å². The lowest BCUT2D eigenvalue weighted by Gasteiger charge is -2.23. The second-order valence-electron chi connectivity index (χ2n) is 5.18. The SMILES string of the molecule is COc1ccc(NC(=O)NC2CCCCC2)cc1OC(F)F. The highest BCUT2D eigenvalue weighted by atomic mass is 19.3. The third-order valence-electron chi connectivity index (χ3n) is 3.58. The smallest absolute Gasteiger partial charge is 0.387 e. The van der Waals surface area contributed by atoms with E-state index in [-0.39, 0.29) is 23.6 Å². The van der Waals surface area contributed by atoms with Gasteiger partial charge in [0.05, 0.1) is 7.11 Å². The number of amides is 2. The van der Waals surface area contributed by atoms with Crippen LogP contribution in [0.2, 0.25) is 0 Å². The summed E-state index contributed by atoms with van der Waals surface area (Å²) in [6, 6.07) is 4.17. The minimum atomic E-state index is -2.96. The van der Waals surface area contributed by atoms with Gasteiger partial charge < -0.3 is 20.1 Å². The average molecular weight is 314 g/mol. The third-order valence-corrected chi connectivity index (χ3v) is 3.58. The molecule has 2 amide bonds. The number of anilines is 1. The topological polar surface area (TPSA) is 59.6 Å². The molecule has 1 aromatic rings. The van der Waals surface area contributed by atoms with Crippen LogP contribution in [0.4, 0.5) is 19.3 Å². The fraction of sp³-hybridized carbons (Fsp3) is 0.533. The lowest BCUT2D eigenvalue weighted by Crippen LogP contribution is -2.39. The number of alkyl halides is 2. The number of nitrogens with one attached hydrogen (secondary N) is 2. The quantitative estimate of drug-likeness (QED) is 0.870. The predicted molar refractivity (Wildman–Crippen MR) is 78.7 cm³/mol. The van der Waals surface area contributed by atoms with E-state index >= 15 is 0 Å². The van der Waals surface area contributed by atoms with E-state index in [0.717, 1.165) is 25.7 Å². The van der Waals surface area contributed by atoms with Crippen molar-refractivity contribution in [2.45, 2.75) is 44.8 Å². The molecule has 5 nitrogen and oxygen atoms in total. The number of hydrogen-bond acceptors (Lipinski definition) is 3. The minimum absolute atomic E-state index is 0.118. The van der Waals surface area contributed by atoms with Gasteiger partial charge in [-0.1, -0.05) is 19.3 Å². The number of urea groups is 1. The summed E-state index contributed by atoms with van der Waals surface area (Å²) in [7, 11) is 1.36. The molecule has 1 fully saturated rings. The molecule has 7 heteroatoms. The lowest BCUT2D eigenvalue weighted by molar-refractivity contribution is -0.0511. The Morgan fingerprint density at radius 3 is 2.59 bits per heavy atom. The number of rotatable bonds is 5. The molecule has 2 rings (SSSR count). The molecule has 1 saturated carbocycles. The zero-order valence-corrected chi connectivity index (χ0v) is 12.4. The van der Waals surface area contributed by atoms with E-state index in [1.807, 2.05) is 0 Å². The van der Waals surface area contributed by atoms with Gasteiger partial charge in [-0.25, -0.2) is 4.79 Å². The number of ether oxygens (including phenoxy) is 2. The first-order valence-electron chi connectivity index (χ1n) is 7.29. The van der Waals surface area contributed by atoms with Crippen LogP contribution in [-0.4, -0.2) is 25.8 Å². The Hall–Kier alpha value is -2.05. The highest BCUT2D eigenvalue weighted by Gasteiger charge is 2.16. The Balaban J connectivity index is 1.97. The number of methoxy groups -OCH3 is 1. The molecule has 0 saturated heterocycles. The first kappa shape index (κ1) is 16.3. The van der Waals surface area contributed by atoms with Crippen LogP contribution in [0.1, 0.15) is 32.1 Å². The molecule has 0 spiro atoms. The highest BCUT2D eigenvalue weighted by Crippen LogP contribution is 2.31. The van der Waals surface area contributed by atoms with Crippen molar-refractivity contribution in [1.29, 1.82) is 0 Å². The van der Waals surface area contributed by atoms with Gasteiger partial charge in [-0.15, -0.1) is 0 Å². The zero-order valence-electron chi connectivity index (χ0n) is 12.4. The normalized spacial score (nSPS) is 15.5. The molecule has 1 aliphatic rings. The van der Waals surface area contributed by atoms with Crippen LogP contribution in [0.15, 0.2) is 18.2 Å². The summed E-state index contributed by atoms with van der Waals surface area (Å²) < 4.78 is 34.0. The number of hydrogen-bond donors (Lipinski definition) is 2. The molecule has 22 heavy (non-hydrogen) atoms. The van der Waals surface area contributed by atoms with Crippen molar-refractivity contribution in [2.24, 2.45) is 0 Å². The van der Waals surface area contributed by atoms with Gasteiger partial charge in [0.1, 0.15) is 0 Å². The van der Waals surface area contributed by atoms with Gasteiger partial charge >= 0.3 is 12.6 Å². The summed E-state index contributed by atoms with van der Waals surface area (Å²) in [6.07, 6.45) is 5.36. The Morgan fingerprint density at radius 1 is 1.23 bits per heavy atom. The van der Waals surface area contributed by atoms with Gasteiger partial charge in [0.15, 0.2) is 11.5 Å². The van der Waals surface area contributed by atoms with E-state index in [4.69, 9.17) is 4.74 Å². The largest absolute Gasteiger partial charge is 0.493 e. The van der Waals surface area contributed by atoms with Crippen LogP contribution in [0.3, 0.4) is 0 Å². The average Bonchev–Trinajstić information content (AvgIpc) is 2.48. The van der Waals surface area contributed by atoms with E-state index in [1.54, 1.807) is 6.07 Å². The second-order valence-corrected chi connectivity index (χ2v) is 5.18. The van der Waals surface area contributed by atoms with Crippen LogP contribution < -0.4 is 20.1 Å². The summed E-state index contributed by atoms with van der Waals surface area (Å²) in [5.74, 6) is 0.0616. The number of carbonyl (C=O) groups excluding carboxylic acids is 1. The van der Waals surface area contributed by atoms with Gasteiger partial charge in [0.25, 0.3) is 0 Å². The Morgan fingerprint density at radius 2 is 1.95 bits per heavy atom. The summed E-state index contributed by atoms with van der Waals surface area (Å²) in [5.41, 5.74) is 0.366. The summed E-state index contributed by atoms with van der Waals surface area (Å²) in [6.45, 7) is -2.96. The first-order chi connectivity index (χ1) is 10.6. The third kappa shape index (κ3) is 4.75. The van der Waals surface area contributed by atoms with E-state index in [1.165, 1.54) is 25.7 Å². The van der Waals surface area contributed by atoms with Crippen LogP contribution in [-0.2, 0) is 0 Å². The molecule has 0 aromatic heterocycles. The standard InChI is InChI=1S/C15H20F2N2O3/c1-21-12-8-7-11(9-13(12)22-14(16)17)19-15(20)18-10-5-3-2-4-6-10/h7-10,14H,2-6H2,1H3,(H2,18,19,20). The molecule has 1 aliphatic carbocycles.